The van der Waals surface area contributed by atoms with Crippen LogP contribution in [0.2, 0.25) is 0 Å². The largest absolute Gasteiger partial charge is 2.00 e. The molecule has 0 aromatic heterocycles. The van der Waals surface area contributed by atoms with Crippen LogP contribution >= 0.6 is 0 Å². The predicted molar refractivity (Wildman–Crippen MR) is 9.94 cm³/mol. The second kappa shape index (κ2) is 3410. The fourth-order valence-corrected chi connectivity index (χ4v) is 0. The number of nitrogens with zero attached hydrogens (tertiary/aromatic N) is 2. The van der Waals surface area contributed by atoms with E-state index in [9.17, 15) is 0 Å². The fourth-order valence-electron chi connectivity index (χ4n) is 0. The molecule has 0 aliphatic heterocycles. The molecule has 0 aromatic rings. The van der Waals surface area contributed by atoms with Crippen molar-refractivity contribution in [2.75, 3.05) is 0 Å². The van der Waals surface area contributed by atoms with E-state index in [2.05, 4.69) is 0 Å². The van der Waals surface area contributed by atoms with Gasteiger partial charge in [-0.15, -0.1) is 0 Å². The molecule has 0 saturated heterocycles. The van der Waals surface area contributed by atoms with Gasteiger partial charge in [-0.3, -0.25) is 0 Å². The Hall–Kier alpha value is 0.162. The summed E-state index contributed by atoms with van der Waals surface area (Å²) in [6.45, 7) is 9.50. The van der Waals surface area contributed by atoms with Crippen molar-refractivity contribution in [2.24, 2.45) is 0 Å². The Kier molecular flexibility index (Phi) is 20000. The van der Waals surface area contributed by atoms with Crippen LogP contribution in [0, 0.1) is 23.7 Å². The first-order valence-corrected chi connectivity index (χ1v) is 0.447. The van der Waals surface area contributed by atoms with Gasteiger partial charge in [0.1, 0.15) is 0 Å². The first-order valence-electron chi connectivity index (χ1n) is 0.447. The first kappa shape index (κ1) is 35.1. The Labute approximate surface area is 61.3 Å². The molecule has 0 aromatic carbocycles. The summed E-state index contributed by atoms with van der Waals surface area (Å²) in [6.07, 6.45) is 0. The molecular weight excluding hydrogens is 222 g/mol. The van der Waals surface area contributed by atoms with Gasteiger partial charge in [0, 0.05) is 20.4 Å². The van der Waals surface area contributed by atoms with E-state index in [-0.39, 0.29) is 37.5 Å². The van der Waals surface area contributed by atoms with Crippen molar-refractivity contribution in [3.8, 4) is 0 Å². The summed E-state index contributed by atoms with van der Waals surface area (Å²) in [5.41, 5.74) is 0. The predicted octanol–water partition coefficient (Wildman–Crippen LogP) is 0.188. The third-order valence-electron chi connectivity index (χ3n) is 0. The third-order valence-corrected chi connectivity index (χ3v) is 0. The molecule has 0 bridgehead atoms. The van der Waals surface area contributed by atoms with E-state index in [0.717, 1.165) is 0 Å². The van der Waals surface area contributed by atoms with E-state index < -0.39 is 0 Å². The van der Waals surface area contributed by atoms with Crippen LogP contribution in [0.25, 0.3) is 0 Å². The zero-order valence-electron chi connectivity index (χ0n) is 2.51. The summed E-state index contributed by atoms with van der Waals surface area (Å²) >= 11 is 0. The van der Waals surface area contributed by atoms with E-state index in [1.54, 1.807) is 0 Å². The summed E-state index contributed by atoms with van der Waals surface area (Å²) in [4.78, 5) is 0. The smallest absolute Gasteiger partial charge is 0.512 e. The van der Waals surface area contributed by atoms with Crippen LogP contribution in [0.1, 0.15) is 0 Å². The fraction of sp³-hybridized carbons (Fsp3) is 0. The Morgan fingerprint density at radius 3 is 0.833 bits per heavy atom. The molecule has 0 rings (SSSR count). The maximum absolute atomic E-state index is 6.25. The van der Waals surface area contributed by atoms with Crippen molar-refractivity contribution in [3.05, 3.63) is 13.1 Å². The van der Waals surface area contributed by atoms with Gasteiger partial charge in [0.25, 0.3) is 0 Å². The Balaban J connectivity index is -0.00000000500. The summed E-state index contributed by atoms with van der Waals surface area (Å²) in [5.74, 6) is 0. The minimum Gasteiger partial charge on any atom is -0.512 e. The Morgan fingerprint density at radius 1 is 0.833 bits per heavy atom. The van der Waals surface area contributed by atoms with E-state index >= 15 is 0 Å². The van der Waals surface area contributed by atoms with Crippen molar-refractivity contribution < 1.29 is 37.5 Å². The van der Waals surface area contributed by atoms with Crippen LogP contribution in [0.15, 0.2) is 0 Å². The molecule has 0 N–H and O–H groups in total. The van der Waals surface area contributed by atoms with Gasteiger partial charge in [0.2, 0.25) is 0 Å². The maximum Gasteiger partial charge on any atom is 2.00 e. The molecule has 39 valence electrons. The molecule has 6 heavy (non-hydrogen) atoms. The van der Waals surface area contributed by atoms with Crippen LogP contribution in [0.3, 0.4) is 0 Å². The van der Waals surface area contributed by atoms with Gasteiger partial charge in [-0.1, -0.05) is 0 Å². The van der Waals surface area contributed by atoms with Gasteiger partial charge in [0.15, 0.2) is 0 Å². The minimum absolute atomic E-state index is 0. The van der Waals surface area contributed by atoms with Crippen LogP contribution in [0.5, 0.6) is 0 Å². The SMILES string of the molecule is [C-]#N.[C-]#N.[Cu+2].[Pd]. The van der Waals surface area contributed by atoms with Gasteiger partial charge in [0.05, 0.1) is 0 Å². The molecule has 0 aliphatic rings. The molecule has 0 saturated carbocycles. The van der Waals surface area contributed by atoms with Crippen molar-refractivity contribution in [3.63, 3.8) is 0 Å². The van der Waals surface area contributed by atoms with Gasteiger partial charge >= 0.3 is 17.1 Å². The topological polar surface area (TPSA) is 47.6 Å². The first-order chi connectivity index (χ1) is 2.00. The molecule has 1 radical (unpaired) electrons. The van der Waals surface area contributed by atoms with Crippen molar-refractivity contribution in [2.45, 2.75) is 0 Å². The zero-order valence-corrected chi connectivity index (χ0v) is 5.01. The molecule has 0 atom stereocenters. The van der Waals surface area contributed by atoms with Gasteiger partial charge in [-0.25, -0.2) is 0 Å². The summed E-state index contributed by atoms with van der Waals surface area (Å²) < 4.78 is 0. The van der Waals surface area contributed by atoms with Crippen molar-refractivity contribution in [1.82, 2.24) is 0 Å². The molecular formula is C2CuN2Pd. The molecule has 0 spiro atoms. The number of hydrogen-bond donors (Lipinski definition) is 0. The third kappa shape index (κ3) is 1590. The quantitative estimate of drug-likeness (QED) is 0.433. The van der Waals surface area contributed by atoms with Crippen molar-refractivity contribution in [1.29, 1.82) is 10.5 Å². The van der Waals surface area contributed by atoms with E-state index in [4.69, 9.17) is 23.7 Å². The summed E-state index contributed by atoms with van der Waals surface area (Å²) in [5, 5.41) is 12.5. The van der Waals surface area contributed by atoms with Crippen LogP contribution in [-0.4, -0.2) is 0 Å². The summed E-state index contributed by atoms with van der Waals surface area (Å²) in [7, 11) is 0. The van der Waals surface area contributed by atoms with E-state index in [0.29, 0.717) is 0 Å². The van der Waals surface area contributed by atoms with E-state index in [1.165, 1.54) is 0 Å². The van der Waals surface area contributed by atoms with E-state index in [1.807, 2.05) is 0 Å². The Bertz CT molecular complexity index is 27.0. The molecule has 0 fully saturated rings. The standard InChI is InChI=1S/2CN.Cu.Pd/c2*1-2;;/q2*-1;+2;. The molecule has 4 heteroatoms. The average Bonchev–Trinajstić information content (AvgIpc) is 1.50. The monoisotopic (exact) mass is 221 g/mol. The molecule has 0 unspecified atom stereocenters. The second-order valence-corrected chi connectivity index (χ2v) is 0. The number of rotatable bonds is 0. The molecule has 2 nitrogen and oxygen atoms in total. The molecule has 0 heterocycles. The van der Waals surface area contributed by atoms with Crippen molar-refractivity contribution >= 4 is 0 Å². The van der Waals surface area contributed by atoms with Crippen LogP contribution < -0.4 is 0 Å². The molecule has 0 aliphatic carbocycles. The van der Waals surface area contributed by atoms with Crippen LogP contribution in [0.4, 0.5) is 0 Å². The minimum atomic E-state index is 0. The van der Waals surface area contributed by atoms with Gasteiger partial charge < -0.3 is 23.7 Å². The maximum atomic E-state index is 6.25. The summed E-state index contributed by atoms with van der Waals surface area (Å²) in [6, 6.07) is 0. The average molecular weight is 222 g/mol. The second-order valence-electron chi connectivity index (χ2n) is 0. The normalized spacial score (nSPS) is 0.667. The van der Waals surface area contributed by atoms with Gasteiger partial charge in [-0.2, -0.15) is 0 Å². The molecule has 0 amide bonds. The zero-order chi connectivity index (χ0) is 4.00. The Morgan fingerprint density at radius 2 is 0.833 bits per heavy atom. The van der Waals surface area contributed by atoms with Gasteiger partial charge in [-0.05, 0) is 0 Å². The van der Waals surface area contributed by atoms with Crippen LogP contribution in [-0.2, 0) is 37.5 Å². The number of hydrogen-bond acceptors (Lipinski definition) is 2.